The standard InChI is InChI=1S/C14H19F3N2O4S/c1-10(9-23-2)18-13(20)8-19(24(3,21)22)12-6-4-5-11(7-12)14(15,16)17/h4-7,10H,8-9H2,1-3H3,(H,18,20)/t10-/m1/s1. The molecule has 24 heavy (non-hydrogen) atoms. The van der Waals surface area contributed by atoms with Crippen molar-refractivity contribution in [1.82, 2.24) is 5.32 Å². The number of ether oxygens (including phenoxy) is 1. The van der Waals surface area contributed by atoms with Crippen molar-refractivity contribution in [3.05, 3.63) is 29.8 Å². The van der Waals surface area contributed by atoms with Gasteiger partial charge in [0.1, 0.15) is 6.54 Å². The number of carbonyl (C=O) groups is 1. The third kappa shape index (κ3) is 6.00. The van der Waals surface area contributed by atoms with Gasteiger partial charge < -0.3 is 10.1 Å². The molecule has 6 nitrogen and oxygen atoms in total. The van der Waals surface area contributed by atoms with E-state index >= 15 is 0 Å². The number of hydrogen-bond acceptors (Lipinski definition) is 4. The number of benzene rings is 1. The quantitative estimate of drug-likeness (QED) is 0.794. The van der Waals surface area contributed by atoms with E-state index in [1.54, 1.807) is 6.92 Å². The number of methoxy groups -OCH3 is 1. The molecule has 0 aliphatic rings. The molecule has 0 aromatic heterocycles. The first-order valence-electron chi connectivity index (χ1n) is 6.88. The van der Waals surface area contributed by atoms with Crippen molar-refractivity contribution in [2.24, 2.45) is 0 Å². The Morgan fingerprint density at radius 1 is 1.38 bits per heavy atom. The van der Waals surface area contributed by atoms with E-state index in [0.29, 0.717) is 10.4 Å². The molecule has 1 aromatic carbocycles. The van der Waals surface area contributed by atoms with Gasteiger partial charge in [-0.3, -0.25) is 9.10 Å². The highest BCUT2D eigenvalue weighted by atomic mass is 32.2. The molecule has 0 saturated carbocycles. The smallest absolute Gasteiger partial charge is 0.383 e. The molecule has 0 unspecified atom stereocenters. The van der Waals surface area contributed by atoms with Crippen LogP contribution >= 0.6 is 0 Å². The molecule has 1 N–H and O–H groups in total. The minimum atomic E-state index is -4.62. The summed E-state index contributed by atoms with van der Waals surface area (Å²) in [5.74, 6) is -0.651. The minimum Gasteiger partial charge on any atom is -0.383 e. The monoisotopic (exact) mass is 368 g/mol. The Kier molecular flexibility index (Phi) is 6.61. The summed E-state index contributed by atoms with van der Waals surface area (Å²) >= 11 is 0. The number of halogens is 3. The maximum Gasteiger partial charge on any atom is 0.416 e. The fourth-order valence-corrected chi connectivity index (χ4v) is 2.83. The topological polar surface area (TPSA) is 75.7 Å². The Labute approximate surface area is 138 Å². The summed E-state index contributed by atoms with van der Waals surface area (Å²) in [6, 6.07) is 3.42. The van der Waals surface area contributed by atoms with Crippen LogP contribution in [0.15, 0.2) is 24.3 Å². The van der Waals surface area contributed by atoms with E-state index in [0.717, 1.165) is 18.4 Å². The van der Waals surface area contributed by atoms with Crippen LogP contribution in [0.1, 0.15) is 12.5 Å². The molecule has 0 aliphatic heterocycles. The van der Waals surface area contributed by atoms with Crippen molar-refractivity contribution in [3.8, 4) is 0 Å². The highest BCUT2D eigenvalue weighted by Crippen LogP contribution is 2.32. The van der Waals surface area contributed by atoms with Gasteiger partial charge in [0.25, 0.3) is 0 Å². The predicted octanol–water partition coefficient (Wildman–Crippen LogP) is 1.62. The molecule has 1 aromatic rings. The van der Waals surface area contributed by atoms with Crippen molar-refractivity contribution in [3.63, 3.8) is 0 Å². The normalized spacial score (nSPS) is 13.4. The Balaban J connectivity index is 3.06. The van der Waals surface area contributed by atoms with Crippen molar-refractivity contribution in [1.29, 1.82) is 0 Å². The molecule has 10 heteroatoms. The average Bonchev–Trinajstić information content (AvgIpc) is 2.43. The number of sulfonamides is 1. The van der Waals surface area contributed by atoms with Crippen molar-refractivity contribution in [2.45, 2.75) is 19.1 Å². The first kappa shape index (κ1) is 20.2. The van der Waals surface area contributed by atoms with Gasteiger partial charge in [-0.2, -0.15) is 13.2 Å². The van der Waals surface area contributed by atoms with Gasteiger partial charge in [0, 0.05) is 13.2 Å². The van der Waals surface area contributed by atoms with Gasteiger partial charge in [0.2, 0.25) is 15.9 Å². The Hall–Kier alpha value is -1.81. The zero-order valence-corrected chi connectivity index (χ0v) is 14.2. The summed E-state index contributed by atoms with van der Waals surface area (Å²) in [5.41, 5.74) is -1.23. The lowest BCUT2D eigenvalue weighted by Gasteiger charge is -2.23. The number of anilines is 1. The molecular formula is C14H19F3N2O4S. The first-order chi connectivity index (χ1) is 10.9. The number of alkyl halides is 3. The second kappa shape index (κ2) is 7.84. The second-order valence-corrected chi connectivity index (χ2v) is 7.15. The Morgan fingerprint density at radius 2 is 2.00 bits per heavy atom. The highest BCUT2D eigenvalue weighted by Gasteiger charge is 2.32. The van der Waals surface area contributed by atoms with E-state index in [1.807, 2.05) is 0 Å². The molecule has 0 spiro atoms. The molecule has 136 valence electrons. The number of nitrogens with zero attached hydrogens (tertiary/aromatic N) is 1. The SMILES string of the molecule is COC[C@@H](C)NC(=O)CN(c1cccc(C(F)(F)F)c1)S(C)(=O)=O. The van der Waals surface area contributed by atoms with E-state index in [1.165, 1.54) is 13.2 Å². The summed E-state index contributed by atoms with van der Waals surface area (Å²) in [4.78, 5) is 11.9. The molecule has 0 aliphatic carbocycles. The van der Waals surface area contributed by atoms with Crippen LogP contribution in [0.4, 0.5) is 18.9 Å². The minimum absolute atomic E-state index is 0.216. The summed E-state index contributed by atoms with van der Waals surface area (Å²) < 4.78 is 67.6. The zero-order chi connectivity index (χ0) is 18.5. The average molecular weight is 368 g/mol. The number of amides is 1. The van der Waals surface area contributed by atoms with Crippen molar-refractivity contribution < 1.29 is 31.1 Å². The number of carbonyl (C=O) groups excluding carboxylic acids is 1. The first-order valence-corrected chi connectivity index (χ1v) is 8.73. The van der Waals surface area contributed by atoms with Crippen LogP contribution in [-0.4, -0.2) is 46.9 Å². The van der Waals surface area contributed by atoms with Gasteiger partial charge in [-0.1, -0.05) is 6.07 Å². The fraction of sp³-hybridized carbons (Fsp3) is 0.500. The largest absolute Gasteiger partial charge is 0.416 e. The second-order valence-electron chi connectivity index (χ2n) is 5.24. The highest BCUT2D eigenvalue weighted by molar-refractivity contribution is 7.92. The molecule has 0 bridgehead atoms. The summed E-state index contributed by atoms with van der Waals surface area (Å²) in [5, 5.41) is 2.51. The maximum atomic E-state index is 12.8. The predicted molar refractivity (Wildman–Crippen MR) is 83.1 cm³/mol. The van der Waals surface area contributed by atoms with Gasteiger partial charge >= 0.3 is 6.18 Å². The van der Waals surface area contributed by atoms with Crippen LogP contribution in [0.25, 0.3) is 0 Å². The molecule has 1 amide bonds. The summed E-state index contributed by atoms with van der Waals surface area (Å²) in [6.45, 7) is 1.23. The van der Waals surface area contributed by atoms with E-state index in [-0.39, 0.29) is 18.3 Å². The molecule has 0 fully saturated rings. The van der Waals surface area contributed by atoms with Gasteiger partial charge in [-0.05, 0) is 25.1 Å². The van der Waals surface area contributed by atoms with Gasteiger partial charge in [0.05, 0.1) is 24.1 Å². The molecule has 0 saturated heterocycles. The molecule has 1 atom stereocenters. The van der Waals surface area contributed by atoms with Crippen LogP contribution in [0.3, 0.4) is 0 Å². The van der Waals surface area contributed by atoms with Crippen LogP contribution in [0, 0.1) is 0 Å². The lowest BCUT2D eigenvalue weighted by atomic mass is 10.2. The van der Waals surface area contributed by atoms with E-state index in [9.17, 15) is 26.4 Å². The molecule has 0 heterocycles. The Bertz CT molecular complexity index is 677. The van der Waals surface area contributed by atoms with Crippen LogP contribution in [0.5, 0.6) is 0 Å². The lowest BCUT2D eigenvalue weighted by Crippen LogP contribution is -2.44. The van der Waals surface area contributed by atoms with Gasteiger partial charge in [-0.15, -0.1) is 0 Å². The third-order valence-corrected chi connectivity index (χ3v) is 4.11. The van der Waals surface area contributed by atoms with Crippen LogP contribution in [-0.2, 0) is 25.7 Å². The van der Waals surface area contributed by atoms with Gasteiger partial charge in [-0.25, -0.2) is 8.42 Å². The van der Waals surface area contributed by atoms with Crippen LogP contribution < -0.4 is 9.62 Å². The van der Waals surface area contributed by atoms with E-state index in [4.69, 9.17) is 4.74 Å². The maximum absolute atomic E-state index is 12.8. The van der Waals surface area contributed by atoms with Crippen molar-refractivity contribution >= 4 is 21.6 Å². The third-order valence-electron chi connectivity index (χ3n) is 2.97. The molecule has 0 radical (unpaired) electrons. The summed E-state index contributed by atoms with van der Waals surface area (Å²) in [6.07, 6.45) is -3.80. The van der Waals surface area contributed by atoms with E-state index in [2.05, 4.69) is 5.32 Å². The fourth-order valence-electron chi connectivity index (χ4n) is 1.98. The lowest BCUT2D eigenvalue weighted by molar-refractivity contribution is -0.137. The van der Waals surface area contributed by atoms with E-state index < -0.39 is 34.2 Å². The van der Waals surface area contributed by atoms with Crippen LogP contribution in [0.2, 0.25) is 0 Å². The number of nitrogens with one attached hydrogen (secondary N) is 1. The number of rotatable bonds is 7. The van der Waals surface area contributed by atoms with Crippen molar-refractivity contribution in [2.75, 3.05) is 30.8 Å². The summed E-state index contributed by atoms with van der Waals surface area (Å²) in [7, 11) is -2.51. The molecular weight excluding hydrogens is 349 g/mol. The molecule has 1 rings (SSSR count). The zero-order valence-electron chi connectivity index (χ0n) is 13.4. The van der Waals surface area contributed by atoms with Gasteiger partial charge in [0.15, 0.2) is 0 Å². The number of hydrogen-bond donors (Lipinski definition) is 1. The Morgan fingerprint density at radius 3 is 2.50 bits per heavy atom.